The molecular weight excluding hydrogens is 188 g/mol. The molecule has 80 valence electrons. The maximum atomic E-state index is 11.2. The number of carbonyl (C=O) groups excluding carboxylic acids is 1. The van der Waals surface area contributed by atoms with E-state index in [0.717, 1.165) is 5.56 Å². The van der Waals surface area contributed by atoms with Gasteiger partial charge < -0.3 is 4.74 Å². The standard InChI is InChI=1S/C13H16O2/c1-11(2)10-15-13(14)9-8-12-6-4-3-5-7-12/h3-9,11H,10H2,1-2H3/b9-8+. The summed E-state index contributed by atoms with van der Waals surface area (Å²) < 4.78 is 5.00. The number of hydrogen-bond donors (Lipinski definition) is 0. The van der Waals surface area contributed by atoms with E-state index >= 15 is 0 Å². The van der Waals surface area contributed by atoms with Gasteiger partial charge in [-0.05, 0) is 17.6 Å². The predicted molar refractivity (Wildman–Crippen MR) is 61.3 cm³/mol. The molecule has 0 unspecified atom stereocenters. The lowest BCUT2D eigenvalue weighted by Crippen LogP contribution is -2.06. The molecule has 1 aromatic rings. The third-order valence-electron chi connectivity index (χ3n) is 1.77. The number of esters is 1. The maximum Gasteiger partial charge on any atom is 0.330 e. The number of carbonyl (C=O) groups is 1. The predicted octanol–water partition coefficient (Wildman–Crippen LogP) is 2.90. The molecule has 2 heteroatoms. The summed E-state index contributed by atoms with van der Waals surface area (Å²) in [6, 6.07) is 9.67. The minimum Gasteiger partial charge on any atom is -0.462 e. The fraction of sp³-hybridized carbons (Fsp3) is 0.308. The minimum absolute atomic E-state index is 0.285. The van der Waals surface area contributed by atoms with Crippen molar-refractivity contribution in [2.75, 3.05) is 6.61 Å². The van der Waals surface area contributed by atoms with Crippen LogP contribution in [0.1, 0.15) is 19.4 Å². The van der Waals surface area contributed by atoms with E-state index < -0.39 is 0 Å². The van der Waals surface area contributed by atoms with E-state index in [4.69, 9.17) is 4.74 Å². The van der Waals surface area contributed by atoms with Crippen molar-refractivity contribution >= 4 is 12.0 Å². The Balaban J connectivity index is 2.41. The van der Waals surface area contributed by atoms with E-state index in [-0.39, 0.29) is 5.97 Å². The Hall–Kier alpha value is -1.57. The molecule has 0 saturated heterocycles. The van der Waals surface area contributed by atoms with Crippen molar-refractivity contribution < 1.29 is 9.53 Å². The van der Waals surface area contributed by atoms with Crippen LogP contribution in [0.15, 0.2) is 36.4 Å². The van der Waals surface area contributed by atoms with Crippen LogP contribution in [0.3, 0.4) is 0 Å². The van der Waals surface area contributed by atoms with Gasteiger partial charge in [0.25, 0.3) is 0 Å². The highest BCUT2D eigenvalue weighted by molar-refractivity contribution is 5.86. The Morgan fingerprint density at radius 1 is 1.33 bits per heavy atom. The van der Waals surface area contributed by atoms with Crippen LogP contribution in [0, 0.1) is 5.92 Å². The fourth-order valence-corrected chi connectivity index (χ4v) is 1.03. The first-order valence-electron chi connectivity index (χ1n) is 5.08. The summed E-state index contributed by atoms with van der Waals surface area (Å²) in [6.45, 7) is 4.49. The highest BCUT2D eigenvalue weighted by Crippen LogP contribution is 2.01. The molecule has 0 heterocycles. The first-order valence-corrected chi connectivity index (χ1v) is 5.08. The van der Waals surface area contributed by atoms with Crippen molar-refractivity contribution in [3.63, 3.8) is 0 Å². The first-order chi connectivity index (χ1) is 7.18. The van der Waals surface area contributed by atoms with Gasteiger partial charge in [-0.2, -0.15) is 0 Å². The van der Waals surface area contributed by atoms with Gasteiger partial charge >= 0.3 is 5.97 Å². The molecule has 0 amide bonds. The molecule has 0 fully saturated rings. The van der Waals surface area contributed by atoms with Crippen molar-refractivity contribution in [1.82, 2.24) is 0 Å². The van der Waals surface area contributed by atoms with Crippen molar-refractivity contribution in [3.05, 3.63) is 42.0 Å². The Labute approximate surface area is 90.6 Å². The third-order valence-corrected chi connectivity index (χ3v) is 1.77. The zero-order chi connectivity index (χ0) is 11.1. The van der Waals surface area contributed by atoms with E-state index in [1.54, 1.807) is 6.08 Å². The van der Waals surface area contributed by atoms with Crippen LogP contribution >= 0.6 is 0 Å². The second-order valence-electron chi connectivity index (χ2n) is 3.77. The van der Waals surface area contributed by atoms with Gasteiger partial charge in [-0.15, -0.1) is 0 Å². The normalized spacial score (nSPS) is 10.9. The fourth-order valence-electron chi connectivity index (χ4n) is 1.03. The smallest absolute Gasteiger partial charge is 0.330 e. The van der Waals surface area contributed by atoms with E-state index in [1.807, 2.05) is 44.2 Å². The molecule has 0 saturated carbocycles. The topological polar surface area (TPSA) is 26.3 Å². The maximum absolute atomic E-state index is 11.2. The van der Waals surface area contributed by atoms with Crippen molar-refractivity contribution in [1.29, 1.82) is 0 Å². The lowest BCUT2D eigenvalue weighted by molar-refractivity contribution is -0.138. The van der Waals surface area contributed by atoms with Crippen LogP contribution < -0.4 is 0 Å². The van der Waals surface area contributed by atoms with E-state index in [1.165, 1.54) is 6.08 Å². The van der Waals surface area contributed by atoms with Crippen molar-refractivity contribution in [2.24, 2.45) is 5.92 Å². The zero-order valence-electron chi connectivity index (χ0n) is 9.14. The Morgan fingerprint density at radius 2 is 2.00 bits per heavy atom. The molecule has 0 aliphatic heterocycles. The third kappa shape index (κ3) is 5.01. The average molecular weight is 204 g/mol. The zero-order valence-corrected chi connectivity index (χ0v) is 9.14. The molecule has 2 nitrogen and oxygen atoms in total. The highest BCUT2D eigenvalue weighted by Gasteiger charge is 1.98. The molecule has 1 rings (SSSR count). The largest absolute Gasteiger partial charge is 0.462 e. The van der Waals surface area contributed by atoms with E-state index in [0.29, 0.717) is 12.5 Å². The van der Waals surface area contributed by atoms with Gasteiger partial charge in [0.2, 0.25) is 0 Å². The van der Waals surface area contributed by atoms with E-state index in [2.05, 4.69) is 0 Å². The summed E-state index contributed by atoms with van der Waals surface area (Å²) in [5.41, 5.74) is 0.999. The summed E-state index contributed by atoms with van der Waals surface area (Å²) in [5, 5.41) is 0. The Bertz CT molecular complexity index is 326. The highest BCUT2D eigenvalue weighted by atomic mass is 16.5. The van der Waals surface area contributed by atoms with Crippen LogP contribution in [-0.2, 0) is 9.53 Å². The number of benzene rings is 1. The first kappa shape index (κ1) is 11.5. The number of hydrogen-bond acceptors (Lipinski definition) is 2. The molecular formula is C13H16O2. The second-order valence-corrected chi connectivity index (χ2v) is 3.77. The summed E-state index contributed by atoms with van der Waals surface area (Å²) in [4.78, 5) is 11.2. The molecule has 0 aromatic heterocycles. The second kappa shape index (κ2) is 6.02. The van der Waals surface area contributed by atoms with Crippen LogP contribution in [0.5, 0.6) is 0 Å². The average Bonchev–Trinajstić information content (AvgIpc) is 2.25. The summed E-state index contributed by atoms with van der Waals surface area (Å²) >= 11 is 0. The molecule has 0 spiro atoms. The monoisotopic (exact) mass is 204 g/mol. The van der Waals surface area contributed by atoms with Gasteiger partial charge in [0.05, 0.1) is 6.61 Å². The summed E-state index contributed by atoms with van der Waals surface area (Å²) in [5.74, 6) is 0.0895. The SMILES string of the molecule is CC(C)COC(=O)/C=C/c1ccccc1. The molecule has 0 bridgehead atoms. The van der Waals surface area contributed by atoms with Crippen LogP contribution in [0.25, 0.3) is 6.08 Å². The molecule has 0 aliphatic carbocycles. The molecule has 0 N–H and O–H groups in total. The van der Waals surface area contributed by atoms with Gasteiger partial charge in [0.1, 0.15) is 0 Å². The Kier molecular flexibility index (Phi) is 4.61. The minimum atomic E-state index is -0.285. The van der Waals surface area contributed by atoms with Gasteiger partial charge in [0.15, 0.2) is 0 Å². The van der Waals surface area contributed by atoms with Gasteiger partial charge in [-0.25, -0.2) is 4.79 Å². The molecule has 1 aromatic carbocycles. The molecule has 0 atom stereocenters. The van der Waals surface area contributed by atoms with Crippen LogP contribution in [0.2, 0.25) is 0 Å². The van der Waals surface area contributed by atoms with Crippen molar-refractivity contribution in [2.45, 2.75) is 13.8 Å². The van der Waals surface area contributed by atoms with Crippen molar-refractivity contribution in [3.8, 4) is 0 Å². The lowest BCUT2D eigenvalue weighted by atomic mass is 10.2. The number of ether oxygens (including phenoxy) is 1. The van der Waals surface area contributed by atoms with E-state index in [9.17, 15) is 4.79 Å². The summed E-state index contributed by atoms with van der Waals surface area (Å²) in [7, 11) is 0. The molecule has 15 heavy (non-hydrogen) atoms. The quantitative estimate of drug-likeness (QED) is 0.557. The number of rotatable bonds is 4. The Morgan fingerprint density at radius 3 is 2.60 bits per heavy atom. The van der Waals surface area contributed by atoms with Gasteiger partial charge in [-0.3, -0.25) is 0 Å². The molecule has 0 radical (unpaired) electrons. The lowest BCUT2D eigenvalue weighted by Gasteiger charge is -2.03. The summed E-state index contributed by atoms with van der Waals surface area (Å²) in [6.07, 6.45) is 3.21. The van der Waals surface area contributed by atoms with Crippen LogP contribution in [-0.4, -0.2) is 12.6 Å². The van der Waals surface area contributed by atoms with Gasteiger partial charge in [0, 0.05) is 6.08 Å². The van der Waals surface area contributed by atoms with Gasteiger partial charge in [-0.1, -0.05) is 44.2 Å². The van der Waals surface area contributed by atoms with Crippen LogP contribution in [0.4, 0.5) is 0 Å². The molecule has 0 aliphatic rings.